The Bertz CT molecular complexity index is 538. The smallest absolute Gasteiger partial charge is 0.348 e. The minimum absolute atomic E-state index is 0.222. The topological polar surface area (TPSA) is 46.2 Å². The minimum Gasteiger partial charge on any atom is -0.348 e. The van der Waals surface area contributed by atoms with Crippen molar-refractivity contribution >= 4 is 23.5 Å². The predicted octanol–water partition coefficient (Wildman–Crippen LogP) is 3.62. The standard InChI is InChI=1S/C16H25F3O5S2/c1-13(2)20-7-8(21-13)9-10-11(23-14(3,4)22-10)12(15(17,18)19)16(24-9,25-5)26-6/h8-12H,7H2,1-6H3/t8-,9-,10+,11+,12+/m1/s1. The minimum atomic E-state index is -4.50. The zero-order chi connectivity index (χ0) is 19.5. The first-order chi connectivity index (χ1) is 11.8. The van der Waals surface area contributed by atoms with Gasteiger partial charge in [-0.2, -0.15) is 13.2 Å². The molecule has 152 valence electrons. The average molecular weight is 418 g/mol. The van der Waals surface area contributed by atoms with E-state index in [1.807, 2.05) is 0 Å². The lowest BCUT2D eigenvalue weighted by Crippen LogP contribution is -2.64. The van der Waals surface area contributed by atoms with Crippen molar-refractivity contribution in [3.63, 3.8) is 0 Å². The summed E-state index contributed by atoms with van der Waals surface area (Å²) in [6.07, 6.45) is -4.63. The van der Waals surface area contributed by atoms with Crippen LogP contribution in [0.15, 0.2) is 0 Å². The van der Waals surface area contributed by atoms with Gasteiger partial charge >= 0.3 is 6.18 Å². The first kappa shape index (κ1) is 21.0. The van der Waals surface area contributed by atoms with Crippen LogP contribution < -0.4 is 0 Å². The number of hydrogen-bond acceptors (Lipinski definition) is 7. The Morgan fingerprint density at radius 3 is 1.85 bits per heavy atom. The molecular formula is C16H25F3O5S2. The Kier molecular flexibility index (Phi) is 5.39. The number of alkyl halides is 3. The second-order valence-electron chi connectivity index (χ2n) is 7.55. The van der Waals surface area contributed by atoms with E-state index >= 15 is 0 Å². The van der Waals surface area contributed by atoms with E-state index in [4.69, 9.17) is 23.7 Å². The SMILES string of the molecule is CSC1(SC)O[C@H]([C@H]2COC(C)(C)O2)[C@@H]2OC(C)(C)O[C@@H]2[C@H]1C(F)(F)F. The molecule has 3 saturated heterocycles. The third-order valence-electron chi connectivity index (χ3n) is 4.82. The summed E-state index contributed by atoms with van der Waals surface area (Å²) in [4.78, 5) is 0. The number of fused-ring (bicyclic) bond motifs is 1. The van der Waals surface area contributed by atoms with E-state index in [0.29, 0.717) is 0 Å². The quantitative estimate of drug-likeness (QED) is 0.649. The average Bonchev–Trinajstić information content (AvgIpc) is 3.01. The molecule has 0 N–H and O–H groups in total. The molecule has 5 atom stereocenters. The van der Waals surface area contributed by atoms with Gasteiger partial charge in [-0.1, -0.05) is 0 Å². The van der Waals surface area contributed by atoms with Crippen molar-refractivity contribution in [2.75, 3.05) is 19.1 Å². The van der Waals surface area contributed by atoms with Crippen molar-refractivity contribution < 1.29 is 36.9 Å². The van der Waals surface area contributed by atoms with Crippen LogP contribution >= 0.6 is 23.5 Å². The van der Waals surface area contributed by atoms with Gasteiger partial charge in [0.1, 0.15) is 30.3 Å². The summed E-state index contributed by atoms with van der Waals surface area (Å²) < 4.78 is 69.7. The molecule has 0 radical (unpaired) electrons. The molecule has 5 nitrogen and oxygen atoms in total. The van der Waals surface area contributed by atoms with Crippen molar-refractivity contribution in [3.8, 4) is 0 Å². The summed E-state index contributed by atoms with van der Waals surface area (Å²) in [5.74, 6) is -3.79. The van der Waals surface area contributed by atoms with Crippen LogP contribution in [0.4, 0.5) is 13.2 Å². The number of rotatable bonds is 3. The van der Waals surface area contributed by atoms with Crippen molar-refractivity contribution in [1.82, 2.24) is 0 Å². The van der Waals surface area contributed by atoms with Crippen LogP contribution in [-0.4, -0.2) is 65.5 Å². The number of ether oxygens (including phenoxy) is 5. The summed E-state index contributed by atoms with van der Waals surface area (Å²) in [6.45, 7) is 6.98. The van der Waals surface area contributed by atoms with Crippen LogP contribution in [-0.2, 0) is 23.7 Å². The maximum atomic E-state index is 14.0. The summed E-state index contributed by atoms with van der Waals surface area (Å²) in [5.41, 5.74) is 0. The fourth-order valence-corrected chi connectivity index (χ4v) is 5.97. The van der Waals surface area contributed by atoms with Crippen molar-refractivity contribution in [1.29, 1.82) is 0 Å². The van der Waals surface area contributed by atoms with Gasteiger partial charge in [0, 0.05) is 0 Å². The molecule has 0 bridgehead atoms. The molecule has 10 heteroatoms. The van der Waals surface area contributed by atoms with Crippen LogP contribution in [0.5, 0.6) is 0 Å². The fourth-order valence-electron chi connectivity index (χ4n) is 3.85. The van der Waals surface area contributed by atoms with Crippen LogP contribution in [0.2, 0.25) is 0 Å². The van der Waals surface area contributed by atoms with Crippen LogP contribution in [0.25, 0.3) is 0 Å². The highest BCUT2D eigenvalue weighted by atomic mass is 32.2. The van der Waals surface area contributed by atoms with Gasteiger partial charge in [-0.05, 0) is 40.2 Å². The predicted molar refractivity (Wildman–Crippen MR) is 92.9 cm³/mol. The molecule has 3 aliphatic heterocycles. The molecule has 3 heterocycles. The van der Waals surface area contributed by atoms with Crippen molar-refractivity contribution in [3.05, 3.63) is 0 Å². The van der Waals surface area contributed by atoms with E-state index in [0.717, 1.165) is 23.5 Å². The highest BCUT2D eigenvalue weighted by molar-refractivity contribution is 8.17. The van der Waals surface area contributed by atoms with Crippen molar-refractivity contribution in [2.45, 2.75) is 74.1 Å². The first-order valence-corrected chi connectivity index (χ1v) is 10.8. The number of thioether (sulfide) groups is 2. The van der Waals surface area contributed by atoms with E-state index in [9.17, 15) is 13.2 Å². The van der Waals surface area contributed by atoms with E-state index in [2.05, 4.69) is 0 Å². The van der Waals surface area contributed by atoms with E-state index in [1.165, 1.54) is 0 Å². The molecule has 0 spiro atoms. The van der Waals surface area contributed by atoms with Gasteiger partial charge in [0.25, 0.3) is 0 Å². The highest BCUT2D eigenvalue weighted by Crippen LogP contribution is 2.58. The molecule has 0 unspecified atom stereocenters. The summed E-state index contributed by atoms with van der Waals surface area (Å²) in [5, 5.41) is 0. The Balaban J connectivity index is 2.01. The van der Waals surface area contributed by atoms with Crippen LogP contribution in [0.1, 0.15) is 27.7 Å². The zero-order valence-corrected chi connectivity index (χ0v) is 17.2. The van der Waals surface area contributed by atoms with E-state index in [1.54, 1.807) is 40.2 Å². The maximum absolute atomic E-state index is 14.0. The highest BCUT2D eigenvalue weighted by Gasteiger charge is 2.70. The Hall–Kier alpha value is 0.290. The van der Waals surface area contributed by atoms with Crippen molar-refractivity contribution in [2.24, 2.45) is 5.92 Å². The van der Waals surface area contributed by atoms with E-state index in [-0.39, 0.29) is 6.61 Å². The van der Waals surface area contributed by atoms with Crippen LogP contribution in [0, 0.1) is 5.92 Å². The lowest BCUT2D eigenvalue weighted by Gasteiger charge is -2.50. The number of halogens is 3. The summed E-state index contributed by atoms with van der Waals surface area (Å²) >= 11 is 2.06. The summed E-state index contributed by atoms with van der Waals surface area (Å²) in [7, 11) is 0. The van der Waals surface area contributed by atoms with Gasteiger partial charge in [0.05, 0.1) is 6.61 Å². The van der Waals surface area contributed by atoms with Gasteiger partial charge in [-0.15, -0.1) is 23.5 Å². The molecule has 3 aliphatic rings. The molecule has 3 rings (SSSR count). The molecule has 0 aromatic carbocycles. The Morgan fingerprint density at radius 2 is 1.38 bits per heavy atom. The molecular weight excluding hydrogens is 393 g/mol. The molecule has 0 aromatic heterocycles. The zero-order valence-electron chi connectivity index (χ0n) is 15.6. The van der Waals surface area contributed by atoms with Gasteiger partial charge in [0.15, 0.2) is 15.8 Å². The van der Waals surface area contributed by atoms with Crippen LogP contribution in [0.3, 0.4) is 0 Å². The monoisotopic (exact) mass is 418 g/mol. The first-order valence-electron chi connectivity index (χ1n) is 8.36. The Morgan fingerprint density at radius 1 is 0.808 bits per heavy atom. The van der Waals surface area contributed by atoms with Gasteiger partial charge in [0.2, 0.25) is 0 Å². The fraction of sp³-hybridized carbons (Fsp3) is 1.00. The normalized spacial score (nSPS) is 41.2. The lowest BCUT2D eigenvalue weighted by atomic mass is 9.89. The largest absolute Gasteiger partial charge is 0.398 e. The number of hydrogen-bond donors (Lipinski definition) is 0. The maximum Gasteiger partial charge on any atom is 0.398 e. The second kappa shape index (κ2) is 6.67. The molecule has 0 aromatic rings. The lowest BCUT2D eigenvalue weighted by molar-refractivity contribution is -0.273. The van der Waals surface area contributed by atoms with Gasteiger partial charge in [-0.3, -0.25) is 0 Å². The molecule has 26 heavy (non-hydrogen) atoms. The molecule has 0 amide bonds. The molecule has 3 fully saturated rings. The molecule has 0 aliphatic carbocycles. The third kappa shape index (κ3) is 3.62. The third-order valence-corrected chi connectivity index (χ3v) is 7.65. The Labute approximate surface area is 160 Å². The van der Waals surface area contributed by atoms with Gasteiger partial charge < -0.3 is 23.7 Å². The second-order valence-corrected chi connectivity index (χ2v) is 9.83. The molecule has 0 saturated carbocycles. The van der Waals surface area contributed by atoms with Gasteiger partial charge in [-0.25, -0.2) is 0 Å². The summed E-state index contributed by atoms with van der Waals surface area (Å²) in [6, 6.07) is 0. The van der Waals surface area contributed by atoms with E-state index < -0.39 is 52.3 Å².